The molecule has 1 aromatic heterocycles. The summed E-state index contributed by atoms with van der Waals surface area (Å²) >= 11 is 0. The molecule has 0 aromatic carbocycles. The second-order valence-electron chi connectivity index (χ2n) is 3.61. The Morgan fingerprint density at radius 1 is 1.47 bits per heavy atom. The summed E-state index contributed by atoms with van der Waals surface area (Å²) in [5.41, 5.74) is 0. The lowest BCUT2D eigenvalue weighted by atomic mass is 10.2. The van der Waals surface area contributed by atoms with E-state index >= 15 is 0 Å². The molecule has 0 fully saturated rings. The van der Waals surface area contributed by atoms with Crippen molar-refractivity contribution >= 4 is 0 Å². The van der Waals surface area contributed by atoms with Crippen LogP contribution in [0.3, 0.4) is 0 Å². The standard InChI is InChI=1S/C12H21NO2/c1-3-7-14-10-11(13-4-2)9-12-6-5-8-15-12/h5-6,8,11,13H,3-4,7,9-10H2,1-2H3. The quantitative estimate of drug-likeness (QED) is 0.670. The monoisotopic (exact) mass is 211 g/mol. The maximum absolute atomic E-state index is 5.54. The van der Waals surface area contributed by atoms with Crippen molar-refractivity contribution in [1.82, 2.24) is 5.32 Å². The summed E-state index contributed by atoms with van der Waals surface area (Å²) in [6.07, 6.45) is 3.68. The molecule has 0 saturated heterocycles. The molecule has 1 N–H and O–H groups in total. The van der Waals surface area contributed by atoms with E-state index < -0.39 is 0 Å². The largest absolute Gasteiger partial charge is 0.469 e. The summed E-state index contributed by atoms with van der Waals surface area (Å²) in [6.45, 7) is 6.77. The Morgan fingerprint density at radius 3 is 2.93 bits per heavy atom. The third kappa shape index (κ3) is 5.00. The van der Waals surface area contributed by atoms with Gasteiger partial charge in [0.25, 0.3) is 0 Å². The fraction of sp³-hybridized carbons (Fsp3) is 0.667. The van der Waals surface area contributed by atoms with E-state index in [9.17, 15) is 0 Å². The molecule has 1 aromatic rings. The number of rotatable bonds is 8. The van der Waals surface area contributed by atoms with Crippen LogP contribution in [0.4, 0.5) is 0 Å². The first-order valence-electron chi connectivity index (χ1n) is 5.70. The summed E-state index contributed by atoms with van der Waals surface area (Å²) in [5.74, 6) is 1.01. The van der Waals surface area contributed by atoms with Gasteiger partial charge in [0.1, 0.15) is 5.76 Å². The molecule has 86 valence electrons. The van der Waals surface area contributed by atoms with Gasteiger partial charge in [0.15, 0.2) is 0 Å². The van der Waals surface area contributed by atoms with Crippen molar-refractivity contribution in [1.29, 1.82) is 0 Å². The van der Waals surface area contributed by atoms with Gasteiger partial charge in [-0.1, -0.05) is 13.8 Å². The zero-order valence-corrected chi connectivity index (χ0v) is 9.66. The van der Waals surface area contributed by atoms with Crippen molar-refractivity contribution in [2.75, 3.05) is 19.8 Å². The van der Waals surface area contributed by atoms with Crippen LogP contribution >= 0.6 is 0 Å². The lowest BCUT2D eigenvalue weighted by Crippen LogP contribution is -2.35. The maximum atomic E-state index is 5.54. The predicted molar refractivity (Wildman–Crippen MR) is 61.0 cm³/mol. The first kappa shape index (κ1) is 12.3. The minimum Gasteiger partial charge on any atom is -0.469 e. The third-order valence-electron chi connectivity index (χ3n) is 2.19. The van der Waals surface area contributed by atoms with Crippen molar-refractivity contribution in [3.8, 4) is 0 Å². The highest BCUT2D eigenvalue weighted by Crippen LogP contribution is 2.04. The highest BCUT2D eigenvalue weighted by Gasteiger charge is 2.09. The Kier molecular flexibility index (Phi) is 6.12. The molecule has 3 heteroatoms. The molecule has 0 bridgehead atoms. The number of hydrogen-bond acceptors (Lipinski definition) is 3. The highest BCUT2D eigenvalue weighted by molar-refractivity contribution is 5.00. The minimum atomic E-state index is 0.354. The zero-order chi connectivity index (χ0) is 10.9. The number of ether oxygens (including phenoxy) is 1. The van der Waals surface area contributed by atoms with Crippen molar-refractivity contribution in [2.24, 2.45) is 0 Å². The number of furan rings is 1. The summed E-state index contributed by atoms with van der Waals surface area (Å²) in [4.78, 5) is 0. The van der Waals surface area contributed by atoms with E-state index in [0.29, 0.717) is 6.04 Å². The second kappa shape index (κ2) is 7.49. The molecule has 1 unspecified atom stereocenters. The van der Waals surface area contributed by atoms with Gasteiger partial charge >= 0.3 is 0 Å². The molecule has 0 saturated carbocycles. The maximum Gasteiger partial charge on any atom is 0.105 e. The third-order valence-corrected chi connectivity index (χ3v) is 2.19. The van der Waals surface area contributed by atoms with E-state index in [2.05, 4.69) is 19.2 Å². The van der Waals surface area contributed by atoms with Crippen molar-refractivity contribution < 1.29 is 9.15 Å². The van der Waals surface area contributed by atoms with Crippen LogP contribution < -0.4 is 5.32 Å². The number of hydrogen-bond donors (Lipinski definition) is 1. The summed E-state index contributed by atoms with van der Waals surface area (Å²) < 4.78 is 10.9. The van der Waals surface area contributed by atoms with Crippen LogP contribution in [-0.4, -0.2) is 25.8 Å². The molecule has 0 amide bonds. The molecule has 3 nitrogen and oxygen atoms in total. The Balaban J connectivity index is 2.29. The molecular formula is C12H21NO2. The first-order chi connectivity index (χ1) is 7.36. The summed E-state index contributed by atoms with van der Waals surface area (Å²) in [5, 5.41) is 3.39. The van der Waals surface area contributed by atoms with Gasteiger partial charge in [-0.2, -0.15) is 0 Å². The van der Waals surface area contributed by atoms with Gasteiger partial charge in [-0.15, -0.1) is 0 Å². The number of nitrogens with one attached hydrogen (secondary N) is 1. The van der Waals surface area contributed by atoms with E-state index in [1.807, 2.05) is 12.1 Å². The van der Waals surface area contributed by atoms with E-state index in [1.54, 1.807) is 6.26 Å². The molecule has 0 aliphatic heterocycles. The average molecular weight is 211 g/mol. The second-order valence-corrected chi connectivity index (χ2v) is 3.61. The molecule has 0 aliphatic carbocycles. The zero-order valence-electron chi connectivity index (χ0n) is 9.66. The minimum absolute atomic E-state index is 0.354. The van der Waals surface area contributed by atoms with Gasteiger partial charge in [0.2, 0.25) is 0 Å². The van der Waals surface area contributed by atoms with E-state index in [0.717, 1.165) is 38.4 Å². The Morgan fingerprint density at radius 2 is 2.33 bits per heavy atom. The van der Waals surface area contributed by atoms with Gasteiger partial charge in [-0.25, -0.2) is 0 Å². The van der Waals surface area contributed by atoms with Gasteiger partial charge in [-0.3, -0.25) is 0 Å². The molecular weight excluding hydrogens is 190 g/mol. The highest BCUT2D eigenvalue weighted by atomic mass is 16.5. The Labute approximate surface area is 91.8 Å². The SMILES string of the molecule is CCCOCC(Cc1ccco1)NCC. The van der Waals surface area contributed by atoms with Crippen LogP contribution in [-0.2, 0) is 11.2 Å². The van der Waals surface area contributed by atoms with Crippen LogP contribution in [0.25, 0.3) is 0 Å². The van der Waals surface area contributed by atoms with Crippen LogP contribution in [0.5, 0.6) is 0 Å². The predicted octanol–water partition coefficient (Wildman–Crippen LogP) is 2.23. The van der Waals surface area contributed by atoms with Crippen LogP contribution in [0.15, 0.2) is 22.8 Å². The fourth-order valence-electron chi connectivity index (χ4n) is 1.52. The molecule has 15 heavy (non-hydrogen) atoms. The van der Waals surface area contributed by atoms with Crippen LogP contribution in [0.1, 0.15) is 26.0 Å². The van der Waals surface area contributed by atoms with Gasteiger partial charge in [0, 0.05) is 19.1 Å². The van der Waals surface area contributed by atoms with Crippen molar-refractivity contribution in [3.63, 3.8) is 0 Å². The summed E-state index contributed by atoms with van der Waals surface area (Å²) in [6, 6.07) is 4.28. The van der Waals surface area contributed by atoms with Gasteiger partial charge in [0.05, 0.1) is 12.9 Å². The van der Waals surface area contributed by atoms with E-state index in [4.69, 9.17) is 9.15 Å². The number of likely N-dealkylation sites (N-methyl/N-ethyl adjacent to an activating group) is 1. The topological polar surface area (TPSA) is 34.4 Å². The molecule has 1 atom stereocenters. The van der Waals surface area contributed by atoms with Crippen LogP contribution in [0.2, 0.25) is 0 Å². The molecule has 1 rings (SSSR count). The summed E-state index contributed by atoms with van der Waals surface area (Å²) in [7, 11) is 0. The first-order valence-corrected chi connectivity index (χ1v) is 5.70. The van der Waals surface area contributed by atoms with E-state index in [-0.39, 0.29) is 0 Å². The van der Waals surface area contributed by atoms with Crippen LogP contribution in [0, 0.1) is 0 Å². The molecule has 1 heterocycles. The van der Waals surface area contributed by atoms with Gasteiger partial charge < -0.3 is 14.5 Å². The molecule has 0 spiro atoms. The lowest BCUT2D eigenvalue weighted by Gasteiger charge is -2.16. The average Bonchev–Trinajstić information content (AvgIpc) is 2.71. The lowest BCUT2D eigenvalue weighted by molar-refractivity contribution is 0.110. The van der Waals surface area contributed by atoms with Crippen molar-refractivity contribution in [2.45, 2.75) is 32.7 Å². The smallest absolute Gasteiger partial charge is 0.105 e. The molecule has 0 radical (unpaired) electrons. The fourth-order valence-corrected chi connectivity index (χ4v) is 1.52. The Hall–Kier alpha value is -0.800. The normalized spacial score (nSPS) is 12.9. The Bertz CT molecular complexity index is 234. The van der Waals surface area contributed by atoms with Crippen molar-refractivity contribution in [3.05, 3.63) is 24.2 Å². The van der Waals surface area contributed by atoms with E-state index in [1.165, 1.54) is 0 Å². The molecule has 0 aliphatic rings. The van der Waals surface area contributed by atoms with Gasteiger partial charge in [-0.05, 0) is 25.1 Å².